The zero-order valence-corrected chi connectivity index (χ0v) is 18.8. The van der Waals surface area contributed by atoms with Crippen molar-refractivity contribution in [2.24, 2.45) is 0 Å². The number of carboxylic acids is 1. The summed E-state index contributed by atoms with van der Waals surface area (Å²) in [6.45, 7) is 0. The lowest BCUT2D eigenvalue weighted by molar-refractivity contribution is -0.136. The molecule has 4 aromatic carbocycles. The number of carbonyl (C=O) groups is 1. The number of rotatable bonds is 6. The number of hydrogen-bond acceptors (Lipinski definition) is 1. The topological polar surface area (TPSA) is 37.3 Å². The van der Waals surface area contributed by atoms with Gasteiger partial charge in [0.25, 0.3) is 0 Å². The van der Waals surface area contributed by atoms with E-state index >= 15 is 0 Å². The molecule has 0 aromatic heterocycles. The van der Waals surface area contributed by atoms with Crippen LogP contribution in [0.5, 0.6) is 0 Å². The van der Waals surface area contributed by atoms with Gasteiger partial charge in [-0.25, -0.2) is 4.79 Å². The molecule has 0 saturated carbocycles. The highest BCUT2D eigenvalue weighted by Crippen LogP contribution is 2.66. The molecule has 0 aliphatic heterocycles. The van der Waals surface area contributed by atoms with Crippen molar-refractivity contribution >= 4 is 29.1 Å². The van der Waals surface area contributed by atoms with Gasteiger partial charge in [0, 0.05) is 5.56 Å². The van der Waals surface area contributed by atoms with E-state index in [4.69, 9.17) is 0 Å². The third kappa shape index (κ3) is 3.96. The molecule has 1 unspecified atom stereocenters. The first-order valence-electron chi connectivity index (χ1n) is 9.58. The quantitative estimate of drug-likeness (QED) is 0.431. The van der Waals surface area contributed by atoms with Crippen LogP contribution in [0.2, 0.25) is 0 Å². The van der Waals surface area contributed by atoms with Gasteiger partial charge in [0.1, 0.15) is 23.2 Å². The van der Waals surface area contributed by atoms with Crippen molar-refractivity contribution in [2.45, 2.75) is 5.66 Å². The summed E-state index contributed by atoms with van der Waals surface area (Å²) in [5.74, 6) is -0.805. The van der Waals surface area contributed by atoms with Gasteiger partial charge < -0.3 is 22.1 Å². The van der Waals surface area contributed by atoms with Crippen molar-refractivity contribution < 1.29 is 26.9 Å². The third-order valence-corrected chi connectivity index (χ3v) is 9.86. The van der Waals surface area contributed by atoms with Crippen molar-refractivity contribution in [1.82, 2.24) is 0 Å². The molecule has 0 heterocycles. The van der Waals surface area contributed by atoms with Crippen molar-refractivity contribution in [3.05, 3.63) is 127 Å². The molecule has 1 atom stereocenters. The molecule has 0 aliphatic carbocycles. The summed E-state index contributed by atoms with van der Waals surface area (Å²) in [6, 6.07) is 40.0. The molecule has 2 nitrogen and oxygen atoms in total. The van der Waals surface area contributed by atoms with E-state index in [1.54, 1.807) is 0 Å². The standard InChI is InChI=1S/C26H21O2P.BrH/c27-26(28)25(21-13-5-1-6-14-21)29(22-15-7-2-8-16-22,23-17-9-3-10-18-23)24-19-11-4-12-20-24;/h1-20,25H;1H. The van der Waals surface area contributed by atoms with Crippen LogP contribution in [0.4, 0.5) is 0 Å². The van der Waals surface area contributed by atoms with Crippen LogP contribution in [0, 0.1) is 0 Å². The Labute approximate surface area is 188 Å². The number of benzene rings is 4. The van der Waals surface area contributed by atoms with Gasteiger partial charge in [0.2, 0.25) is 5.66 Å². The zero-order chi connectivity index (χ0) is 20.1. The van der Waals surface area contributed by atoms with Gasteiger partial charge in [0.15, 0.2) is 0 Å². The molecule has 4 aromatic rings. The Morgan fingerprint density at radius 3 is 1.17 bits per heavy atom. The Morgan fingerprint density at radius 2 is 0.867 bits per heavy atom. The monoisotopic (exact) mass is 476 g/mol. The number of halogens is 1. The van der Waals surface area contributed by atoms with E-state index in [9.17, 15) is 9.90 Å². The summed E-state index contributed by atoms with van der Waals surface area (Å²) >= 11 is 0. The molecular weight excluding hydrogens is 455 g/mol. The average molecular weight is 477 g/mol. The predicted octanol–water partition coefficient (Wildman–Crippen LogP) is 1.81. The fourth-order valence-corrected chi connectivity index (χ4v) is 8.72. The molecule has 150 valence electrons. The number of hydrogen-bond donors (Lipinski definition) is 1. The highest BCUT2D eigenvalue weighted by atomic mass is 79.9. The smallest absolute Gasteiger partial charge is 0.350 e. The van der Waals surface area contributed by atoms with Gasteiger partial charge in [-0.1, -0.05) is 84.9 Å². The Bertz CT molecular complexity index is 974. The summed E-state index contributed by atoms with van der Waals surface area (Å²) in [4.78, 5) is 12.9. The SMILES string of the molecule is O=C(O)C(c1ccccc1)[P+](c1ccccc1)(c1ccccc1)c1ccccc1.[Br-]. The first-order valence-corrected chi connectivity index (χ1v) is 11.4. The largest absolute Gasteiger partial charge is 1.00 e. The average Bonchev–Trinajstić information content (AvgIpc) is 2.79. The fourth-order valence-electron chi connectivity index (χ4n) is 4.05. The second kappa shape index (κ2) is 9.84. The summed E-state index contributed by atoms with van der Waals surface area (Å²) < 4.78 is 0. The number of aliphatic carboxylic acids is 1. The van der Waals surface area contributed by atoms with Gasteiger partial charge in [-0.05, 0) is 36.4 Å². The van der Waals surface area contributed by atoms with Crippen LogP contribution in [0.15, 0.2) is 121 Å². The van der Waals surface area contributed by atoms with Gasteiger partial charge in [-0.3, -0.25) is 0 Å². The highest BCUT2D eigenvalue weighted by molar-refractivity contribution is 7.96. The summed E-state index contributed by atoms with van der Waals surface area (Å²) in [6.07, 6.45) is 0. The summed E-state index contributed by atoms with van der Waals surface area (Å²) in [5.41, 5.74) is 0.140. The van der Waals surface area contributed by atoms with E-state index in [-0.39, 0.29) is 17.0 Å². The minimum absolute atomic E-state index is 0. The van der Waals surface area contributed by atoms with E-state index in [2.05, 4.69) is 36.4 Å². The van der Waals surface area contributed by atoms with E-state index in [1.165, 1.54) is 0 Å². The van der Waals surface area contributed by atoms with Crippen LogP contribution in [0.3, 0.4) is 0 Å². The molecule has 30 heavy (non-hydrogen) atoms. The Hall–Kier alpha value is -2.74. The molecule has 0 radical (unpaired) electrons. The maximum atomic E-state index is 12.9. The van der Waals surface area contributed by atoms with Crippen molar-refractivity contribution in [3.8, 4) is 0 Å². The molecule has 4 heteroatoms. The Balaban J connectivity index is 0.00000256. The molecule has 0 spiro atoms. The molecular formula is C26H22BrO2P. The molecule has 0 aliphatic rings. The lowest BCUT2D eigenvalue weighted by atomic mass is 10.1. The Kier molecular flexibility index (Phi) is 7.20. The number of carboxylic acid groups (broad SMARTS) is 1. The fraction of sp³-hybridized carbons (Fsp3) is 0.0385. The van der Waals surface area contributed by atoms with Crippen molar-refractivity contribution in [2.75, 3.05) is 0 Å². The lowest BCUT2D eigenvalue weighted by Gasteiger charge is -2.32. The first-order chi connectivity index (χ1) is 14.2. The maximum absolute atomic E-state index is 12.9. The van der Waals surface area contributed by atoms with Crippen molar-refractivity contribution in [1.29, 1.82) is 0 Å². The lowest BCUT2D eigenvalue weighted by Crippen LogP contribution is -3.00. The van der Waals surface area contributed by atoms with Crippen LogP contribution < -0.4 is 32.9 Å². The van der Waals surface area contributed by atoms with Crippen LogP contribution >= 0.6 is 7.26 Å². The third-order valence-electron chi connectivity index (χ3n) is 5.23. The van der Waals surface area contributed by atoms with Crippen LogP contribution in [-0.4, -0.2) is 11.1 Å². The van der Waals surface area contributed by atoms with E-state index in [1.807, 2.05) is 84.9 Å². The predicted molar refractivity (Wildman–Crippen MR) is 122 cm³/mol. The molecule has 0 amide bonds. The van der Waals surface area contributed by atoms with Gasteiger partial charge in [-0.2, -0.15) is 0 Å². The van der Waals surface area contributed by atoms with E-state index in [0.29, 0.717) is 0 Å². The minimum Gasteiger partial charge on any atom is -1.00 e. The maximum Gasteiger partial charge on any atom is 0.350 e. The minimum atomic E-state index is -2.54. The summed E-state index contributed by atoms with van der Waals surface area (Å²) in [5, 5.41) is 13.8. The van der Waals surface area contributed by atoms with Gasteiger partial charge in [0.05, 0.1) is 0 Å². The zero-order valence-electron chi connectivity index (χ0n) is 16.3. The normalized spacial score (nSPS) is 11.9. The van der Waals surface area contributed by atoms with Crippen molar-refractivity contribution in [3.63, 3.8) is 0 Å². The molecule has 0 fully saturated rings. The van der Waals surface area contributed by atoms with E-state index < -0.39 is 18.9 Å². The van der Waals surface area contributed by atoms with Crippen LogP contribution in [0.25, 0.3) is 0 Å². The van der Waals surface area contributed by atoms with Crippen LogP contribution in [-0.2, 0) is 4.79 Å². The van der Waals surface area contributed by atoms with Gasteiger partial charge >= 0.3 is 5.97 Å². The molecule has 0 bridgehead atoms. The molecule has 4 rings (SSSR count). The van der Waals surface area contributed by atoms with Gasteiger partial charge in [-0.15, -0.1) is 0 Å². The molecule has 0 saturated heterocycles. The summed E-state index contributed by atoms with van der Waals surface area (Å²) in [7, 11) is -2.54. The second-order valence-corrected chi connectivity index (χ2v) is 10.4. The second-order valence-electron chi connectivity index (χ2n) is 6.88. The van der Waals surface area contributed by atoms with E-state index in [0.717, 1.165) is 21.5 Å². The van der Waals surface area contributed by atoms with Crippen LogP contribution in [0.1, 0.15) is 11.2 Å². The Morgan fingerprint density at radius 1 is 0.567 bits per heavy atom. The highest BCUT2D eigenvalue weighted by Gasteiger charge is 2.56. The molecule has 1 N–H and O–H groups in total. The first kappa shape index (κ1) is 22.0.